The number of nitrogens with two attached hydrogens (primary N) is 1. The molecule has 7 heteroatoms. The highest BCUT2D eigenvalue weighted by Crippen LogP contribution is 2.36. The summed E-state index contributed by atoms with van der Waals surface area (Å²) in [5.41, 5.74) is 10.2. The third-order valence-electron chi connectivity index (χ3n) is 5.51. The summed E-state index contributed by atoms with van der Waals surface area (Å²) in [6, 6.07) is 9.22. The molecule has 1 aliphatic carbocycles. The van der Waals surface area contributed by atoms with E-state index in [0.29, 0.717) is 23.7 Å². The molecule has 134 valence electrons. The van der Waals surface area contributed by atoms with Crippen molar-refractivity contribution in [3.8, 4) is 0 Å². The van der Waals surface area contributed by atoms with E-state index in [4.69, 9.17) is 10.7 Å². The lowest BCUT2D eigenvalue weighted by atomic mass is 9.92. The van der Waals surface area contributed by atoms with Gasteiger partial charge < -0.3 is 20.9 Å². The average Bonchev–Trinajstić information content (AvgIpc) is 3.30. The first kappa shape index (κ1) is 15.6. The molecule has 5 rings (SSSR count). The topological polar surface area (TPSA) is 95.8 Å². The number of para-hydroxylation sites is 1. The molecule has 1 fully saturated rings. The van der Waals surface area contributed by atoms with Crippen LogP contribution in [0.25, 0.3) is 11.2 Å². The lowest BCUT2D eigenvalue weighted by Crippen LogP contribution is -2.33. The molecule has 1 aromatic carbocycles. The average molecular weight is 349 g/mol. The van der Waals surface area contributed by atoms with Gasteiger partial charge >= 0.3 is 0 Å². The predicted octanol–water partition coefficient (Wildman–Crippen LogP) is 2.73. The molecule has 0 unspecified atom stereocenters. The second-order valence-electron chi connectivity index (χ2n) is 7.26. The monoisotopic (exact) mass is 349 g/mol. The van der Waals surface area contributed by atoms with Gasteiger partial charge in [0.1, 0.15) is 5.52 Å². The molecule has 1 saturated carbocycles. The van der Waals surface area contributed by atoms with E-state index in [1.165, 1.54) is 11.3 Å². The number of hydrogen-bond donors (Lipinski definition) is 3. The Labute approximate surface area is 152 Å². The van der Waals surface area contributed by atoms with Crippen LogP contribution in [0.2, 0.25) is 0 Å². The maximum Gasteiger partial charge on any atom is 0.227 e. The Kier molecular flexibility index (Phi) is 3.74. The largest absolute Gasteiger partial charge is 0.351 e. The lowest BCUT2D eigenvalue weighted by molar-refractivity contribution is 0.410. The Hall–Kier alpha value is -2.67. The number of H-pyrrole nitrogens is 1. The summed E-state index contributed by atoms with van der Waals surface area (Å²) in [6.07, 6.45) is 6.94. The number of aromatic nitrogens is 4. The first-order valence-corrected chi connectivity index (χ1v) is 9.36. The second-order valence-corrected chi connectivity index (χ2v) is 7.26. The van der Waals surface area contributed by atoms with Crippen LogP contribution in [-0.2, 0) is 6.42 Å². The van der Waals surface area contributed by atoms with Gasteiger partial charge in [0.2, 0.25) is 5.95 Å². The van der Waals surface area contributed by atoms with Gasteiger partial charge in [-0.2, -0.15) is 9.97 Å². The van der Waals surface area contributed by atoms with Crippen LogP contribution in [0.4, 0.5) is 17.5 Å². The van der Waals surface area contributed by atoms with E-state index in [1.54, 1.807) is 6.33 Å². The number of aromatic amines is 1. The predicted molar refractivity (Wildman–Crippen MR) is 103 cm³/mol. The first-order chi connectivity index (χ1) is 12.8. The third-order valence-corrected chi connectivity index (χ3v) is 5.51. The van der Waals surface area contributed by atoms with Crippen molar-refractivity contribution >= 4 is 28.6 Å². The molecular weight excluding hydrogens is 326 g/mol. The molecule has 3 heterocycles. The van der Waals surface area contributed by atoms with Crippen LogP contribution < -0.4 is 16.0 Å². The van der Waals surface area contributed by atoms with E-state index < -0.39 is 0 Å². The minimum absolute atomic E-state index is 0.333. The molecular formula is C19H23N7. The van der Waals surface area contributed by atoms with Gasteiger partial charge in [0, 0.05) is 24.3 Å². The lowest BCUT2D eigenvalue weighted by Gasteiger charge is -2.27. The number of nitrogens with zero attached hydrogens (tertiary/aromatic N) is 4. The summed E-state index contributed by atoms with van der Waals surface area (Å²) < 4.78 is 0. The third kappa shape index (κ3) is 2.68. The molecule has 3 aromatic rings. The fourth-order valence-corrected chi connectivity index (χ4v) is 4.08. The maximum atomic E-state index is 6.02. The Morgan fingerprint density at radius 3 is 2.85 bits per heavy atom. The Balaban J connectivity index is 1.50. The number of nitrogens with one attached hydrogen (secondary N) is 2. The molecule has 1 aliphatic heterocycles. The van der Waals surface area contributed by atoms with Crippen LogP contribution in [0.5, 0.6) is 0 Å². The zero-order valence-corrected chi connectivity index (χ0v) is 14.7. The van der Waals surface area contributed by atoms with Gasteiger partial charge in [-0.05, 0) is 43.7 Å². The van der Waals surface area contributed by atoms with Crippen LogP contribution >= 0.6 is 0 Å². The van der Waals surface area contributed by atoms with Gasteiger partial charge in [0.25, 0.3) is 0 Å². The van der Waals surface area contributed by atoms with Crippen molar-refractivity contribution in [1.29, 1.82) is 0 Å². The minimum Gasteiger partial charge on any atom is -0.351 e. The van der Waals surface area contributed by atoms with E-state index in [0.717, 1.165) is 50.0 Å². The molecule has 0 bridgehead atoms. The zero-order chi connectivity index (χ0) is 17.5. The quantitative estimate of drug-likeness (QED) is 0.673. The van der Waals surface area contributed by atoms with Gasteiger partial charge in [-0.1, -0.05) is 18.2 Å². The Morgan fingerprint density at radius 2 is 1.96 bits per heavy atom. The second kappa shape index (κ2) is 6.25. The number of fused-ring (bicyclic) bond motifs is 2. The van der Waals surface area contributed by atoms with Crippen LogP contribution in [0.3, 0.4) is 0 Å². The smallest absolute Gasteiger partial charge is 0.227 e. The number of benzene rings is 1. The normalized spacial score (nSPS) is 22.6. The zero-order valence-electron chi connectivity index (χ0n) is 14.7. The molecule has 0 radical (unpaired) electrons. The SMILES string of the molecule is NC1CCC(Nc2nc(N3CCc4ccccc43)c3[nH]cnc3n2)CC1. The standard InChI is InChI=1S/C19H23N7/c20-13-5-7-14(8-6-13)23-19-24-17-16(21-11-22-17)18(25-19)26-10-9-12-3-1-2-4-15(12)26/h1-4,11,13-14H,5-10,20H2,(H2,21,22,23,24,25). The summed E-state index contributed by atoms with van der Waals surface area (Å²) in [7, 11) is 0. The van der Waals surface area contributed by atoms with E-state index in [1.807, 2.05) is 0 Å². The molecule has 0 amide bonds. The molecule has 7 nitrogen and oxygen atoms in total. The first-order valence-electron chi connectivity index (χ1n) is 9.36. The van der Waals surface area contributed by atoms with Gasteiger partial charge in [-0.3, -0.25) is 0 Å². The summed E-state index contributed by atoms with van der Waals surface area (Å²) >= 11 is 0. The summed E-state index contributed by atoms with van der Waals surface area (Å²) in [5.74, 6) is 1.55. The number of anilines is 3. The molecule has 0 atom stereocenters. The van der Waals surface area contributed by atoms with E-state index in [2.05, 4.69) is 49.4 Å². The van der Waals surface area contributed by atoms with E-state index in [-0.39, 0.29) is 0 Å². The van der Waals surface area contributed by atoms with Gasteiger partial charge in [-0.25, -0.2) is 4.98 Å². The van der Waals surface area contributed by atoms with Crippen molar-refractivity contribution in [2.24, 2.45) is 5.73 Å². The van der Waals surface area contributed by atoms with Crippen molar-refractivity contribution in [2.45, 2.75) is 44.2 Å². The Bertz CT molecular complexity index is 927. The fourth-order valence-electron chi connectivity index (χ4n) is 4.08. The van der Waals surface area contributed by atoms with Crippen molar-refractivity contribution < 1.29 is 0 Å². The summed E-state index contributed by atoms with van der Waals surface area (Å²) in [5, 5.41) is 3.51. The van der Waals surface area contributed by atoms with Crippen LogP contribution in [0, 0.1) is 0 Å². The molecule has 2 aromatic heterocycles. The molecule has 26 heavy (non-hydrogen) atoms. The van der Waals surface area contributed by atoms with Gasteiger partial charge in [-0.15, -0.1) is 0 Å². The molecule has 2 aliphatic rings. The molecule has 4 N–H and O–H groups in total. The number of hydrogen-bond acceptors (Lipinski definition) is 6. The highest BCUT2D eigenvalue weighted by molar-refractivity contribution is 5.88. The van der Waals surface area contributed by atoms with E-state index >= 15 is 0 Å². The van der Waals surface area contributed by atoms with Gasteiger partial charge in [0.15, 0.2) is 11.5 Å². The molecule has 0 saturated heterocycles. The van der Waals surface area contributed by atoms with Crippen LogP contribution in [-0.4, -0.2) is 38.6 Å². The van der Waals surface area contributed by atoms with E-state index in [9.17, 15) is 0 Å². The fraction of sp³-hybridized carbons (Fsp3) is 0.421. The minimum atomic E-state index is 0.333. The molecule has 0 spiro atoms. The highest BCUT2D eigenvalue weighted by Gasteiger charge is 2.25. The number of imidazole rings is 1. The van der Waals surface area contributed by atoms with Crippen molar-refractivity contribution in [1.82, 2.24) is 19.9 Å². The number of rotatable bonds is 3. The highest BCUT2D eigenvalue weighted by atomic mass is 15.3. The summed E-state index contributed by atoms with van der Waals surface area (Å²) in [4.78, 5) is 19.3. The van der Waals surface area contributed by atoms with Crippen LogP contribution in [0.15, 0.2) is 30.6 Å². The van der Waals surface area contributed by atoms with Crippen molar-refractivity contribution in [2.75, 3.05) is 16.8 Å². The van der Waals surface area contributed by atoms with Crippen molar-refractivity contribution in [3.05, 3.63) is 36.2 Å². The maximum absolute atomic E-state index is 6.02. The van der Waals surface area contributed by atoms with Crippen molar-refractivity contribution in [3.63, 3.8) is 0 Å². The summed E-state index contributed by atoms with van der Waals surface area (Å²) in [6.45, 7) is 0.919. The Morgan fingerprint density at radius 1 is 1.12 bits per heavy atom. The van der Waals surface area contributed by atoms with Crippen LogP contribution in [0.1, 0.15) is 31.2 Å². The van der Waals surface area contributed by atoms with Gasteiger partial charge in [0.05, 0.1) is 6.33 Å².